The van der Waals surface area contributed by atoms with Crippen molar-refractivity contribution in [2.45, 2.75) is 149 Å². The molecule has 1 fully saturated rings. The quantitative estimate of drug-likeness (QED) is 0.170. The Morgan fingerprint density at radius 1 is 0.567 bits per heavy atom. The van der Waals surface area contributed by atoms with Gasteiger partial charge in [-0.3, -0.25) is 19.2 Å². The second-order valence-corrected chi connectivity index (χ2v) is 19.0. The van der Waals surface area contributed by atoms with Gasteiger partial charge >= 0.3 is 11.9 Å². The second kappa shape index (κ2) is 26.5. The third-order valence-electron chi connectivity index (χ3n) is 12.2. The number of rotatable bonds is 0. The highest BCUT2D eigenvalue weighted by atomic mass is 16.8. The van der Waals surface area contributed by atoms with Gasteiger partial charge < -0.3 is 34.3 Å². The fraction of sp³-hybridized carbons (Fsp3) is 0.500. The molecule has 0 spiro atoms. The number of aliphatic hydroxyl groups is 3. The predicted molar refractivity (Wildman–Crippen MR) is 260 cm³/mol. The summed E-state index contributed by atoms with van der Waals surface area (Å²) in [5, 5.41) is 30.1. The number of carbonyl (C=O) groups is 4. The first-order chi connectivity index (χ1) is 31.7. The third kappa shape index (κ3) is 17.8. The van der Waals surface area contributed by atoms with Crippen LogP contribution in [0.3, 0.4) is 0 Å². The van der Waals surface area contributed by atoms with Gasteiger partial charge in [0.2, 0.25) is 0 Å². The van der Waals surface area contributed by atoms with Gasteiger partial charge in [-0.15, -0.1) is 0 Å². The van der Waals surface area contributed by atoms with Crippen molar-refractivity contribution >= 4 is 23.5 Å². The Balaban J connectivity index is 0.000000227. The monoisotopic (exact) mass is 923 g/mol. The summed E-state index contributed by atoms with van der Waals surface area (Å²) < 4.78 is 23.0. The maximum Gasteiger partial charge on any atom is 0.312 e. The summed E-state index contributed by atoms with van der Waals surface area (Å²) in [6.45, 7) is 17.5. The molecule has 5 aliphatic rings. The van der Waals surface area contributed by atoms with Crippen molar-refractivity contribution in [3.05, 3.63) is 144 Å². The van der Waals surface area contributed by atoms with Crippen molar-refractivity contribution in [1.82, 2.24) is 0 Å². The lowest BCUT2D eigenvalue weighted by Crippen LogP contribution is -2.38. The number of hydrogen-bond acceptors (Lipinski definition) is 11. The van der Waals surface area contributed by atoms with E-state index in [-0.39, 0.29) is 54.1 Å². The second-order valence-electron chi connectivity index (χ2n) is 19.0. The fourth-order valence-corrected chi connectivity index (χ4v) is 8.81. The maximum atomic E-state index is 12.9. The van der Waals surface area contributed by atoms with Gasteiger partial charge in [-0.25, -0.2) is 0 Å². The molecule has 0 bridgehead atoms. The summed E-state index contributed by atoms with van der Waals surface area (Å²) in [5.74, 6) is -3.06. The van der Waals surface area contributed by atoms with Crippen LogP contribution in [-0.2, 0) is 38.1 Å². The molecule has 11 nitrogen and oxygen atoms in total. The molecular formula is C56H74O11. The van der Waals surface area contributed by atoms with E-state index in [1.165, 1.54) is 34.9 Å². The van der Waals surface area contributed by atoms with Gasteiger partial charge in [0.25, 0.3) is 0 Å². The minimum atomic E-state index is -1.49. The SMILES string of the molecule is CC1=CC(C)C2C(=O)O[C@@H](C)C/C=C\C(=O)[C@H]3OC(C)(C)O[C@H]3C/C=C/C2C1.CC1=CC(O)C2C(=O)O[C@@H](C)C/C=C\C(=O)[C@@H](O)[C@@H](O)C/C=C/C2C1.Cc1ccccc1.Cc1ccccc1. The number of benzene rings is 2. The van der Waals surface area contributed by atoms with Gasteiger partial charge in [-0.05, 0) is 111 Å². The molecule has 2 aliphatic carbocycles. The number of aliphatic hydroxyl groups excluding tert-OH is 3. The van der Waals surface area contributed by atoms with Crippen LogP contribution in [0.25, 0.3) is 0 Å². The third-order valence-corrected chi connectivity index (χ3v) is 12.2. The van der Waals surface area contributed by atoms with Crippen molar-refractivity contribution in [2.75, 3.05) is 0 Å². The Morgan fingerprint density at radius 2 is 1.04 bits per heavy atom. The highest BCUT2D eigenvalue weighted by Crippen LogP contribution is 2.38. The summed E-state index contributed by atoms with van der Waals surface area (Å²) >= 11 is 0. The number of cyclic esters (lactones) is 2. The number of hydrogen-bond donors (Lipinski definition) is 3. The molecule has 0 aromatic heterocycles. The molecule has 3 aliphatic heterocycles. The van der Waals surface area contributed by atoms with E-state index in [4.69, 9.17) is 18.9 Å². The average molecular weight is 923 g/mol. The summed E-state index contributed by atoms with van der Waals surface area (Å²) in [6, 6.07) is 20.5. The number of esters is 2. The van der Waals surface area contributed by atoms with Crippen LogP contribution in [-0.4, -0.2) is 87.3 Å². The van der Waals surface area contributed by atoms with E-state index in [0.29, 0.717) is 25.7 Å². The Bertz CT molecular complexity index is 2060. The highest BCUT2D eigenvalue weighted by Gasteiger charge is 2.44. The minimum Gasteiger partial charge on any atom is -0.462 e. The molecule has 0 radical (unpaired) electrons. The Labute approximate surface area is 398 Å². The van der Waals surface area contributed by atoms with Gasteiger partial charge in [-0.2, -0.15) is 0 Å². The fourth-order valence-electron chi connectivity index (χ4n) is 8.81. The Hall–Kier alpha value is -5.04. The van der Waals surface area contributed by atoms with Gasteiger partial charge in [0.05, 0.1) is 30.1 Å². The number of ether oxygens (including phenoxy) is 4. The van der Waals surface area contributed by atoms with Gasteiger partial charge in [0.15, 0.2) is 17.4 Å². The Kier molecular flexibility index (Phi) is 21.6. The van der Waals surface area contributed by atoms with E-state index < -0.39 is 54.0 Å². The van der Waals surface area contributed by atoms with Gasteiger partial charge in [0.1, 0.15) is 24.4 Å². The predicted octanol–water partition coefficient (Wildman–Crippen LogP) is 9.18. The van der Waals surface area contributed by atoms with Crippen LogP contribution < -0.4 is 0 Å². The molecule has 6 unspecified atom stereocenters. The molecule has 7 rings (SSSR count). The number of fused-ring (bicyclic) bond motifs is 3. The lowest BCUT2D eigenvalue weighted by atomic mass is 9.74. The topological polar surface area (TPSA) is 166 Å². The first-order valence-electron chi connectivity index (χ1n) is 23.7. The maximum absolute atomic E-state index is 12.9. The molecule has 12 atom stereocenters. The number of aryl methyl sites for hydroxylation is 2. The zero-order chi connectivity index (χ0) is 49.3. The van der Waals surface area contributed by atoms with Crippen LogP contribution in [0.2, 0.25) is 0 Å². The lowest BCUT2D eigenvalue weighted by molar-refractivity contribution is -0.158. The van der Waals surface area contributed by atoms with Crippen molar-refractivity contribution in [2.24, 2.45) is 29.6 Å². The van der Waals surface area contributed by atoms with E-state index in [0.717, 1.165) is 12.0 Å². The number of allylic oxidation sites excluding steroid dienone is 5. The van der Waals surface area contributed by atoms with Gasteiger partial charge in [-0.1, -0.05) is 138 Å². The van der Waals surface area contributed by atoms with E-state index >= 15 is 0 Å². The lowest BCUT2D eigenvalue weighted by Gasteiger charge is -2.32. The molecule has 3 heterocycles. The van der Waals surface area contributed by atoms with Crippen molar-refractivity contribution < 1.29 is 53.4 Å². The zero-order valence-electron chi connectivity index (χ0n) is 40.8. The molecule has 0 saturated carbocycles. The summed E-state index contributed by atoms with van der Waals surface area (Å²) in [4.78, 5) is 49.8. The van der Waals surface area contributed by atoms with Crippen LogP contribution in [0, 0.1) is 43.4 Å². The molecule has 67 heavy (non-hydrogen) atoms. The number of carbonyl (C=O) groups excluding carboxylic acids is 4. The van der Waals surface area contributed by atoms with Crippen LogP contribution in [0.1, 0.15) is 98.1 Å². The van der Waals surface area contributed by atoms with Crippen LogP contribution >= 0.6 is 0 Å². The van der Waals surface area contributed by atoms with Crippen LogP contribution in [0.5, 0.6) is 0 Å². The highest BCUT2D eigenvalue weighted by molar-refractivity contribution is 5.94. The largest absolute Gasteiger partial charge is 0.462 e. The molecule has 2 aromatic carbocycles. The molecule has 1 saturated heterocycles. The molecule has 11 heteroatoms. The minimum absolute atomic E-state index is 0.0777. The standard InChI is InChI=1S/C23H32O5.C19H26O6.2C7H8/c1-14-12-15(2)20-17(13-14)9-7-11-19-21(28-23(4,5)27-19)18(24)10-6-8-16(3)26-22(20)25;1-11-9-13-6-4-8-15(21)18(23)14(20)7-3-5-12(2)25-19(24)17(13)16(22)10-11;2*1-7-5-3-2-4-6-7/h6-7,9-10,12,15-17,19-21H,8,11,13H2,1-5H3;3-4,6-7,10,12-13,15-18,21-23H,5,8-9H2,1-2H3;2*2-6H,1H3/b9-7+,10-6-;6-4+,7-3-;;/t15?,16-,17?,19-,20?,21+;12-,13?,15-,16?,17?,18+;;/m00../s1. The Morgan fingerprint density at radius 3 is 1.57 bits per heavy atom. The molecular weight excluding hydrogens is 849 g/mol. The van der Waals surface area contributed by atoms with E-state index in [9.17, 15) is 34.5 Å². The van der Waals surface area contributed by atoms with Crippen molar-refractivity contribution in [1.29, 1.82) is 0 Å². The first kappa shape index (κ1) is 54.6. The smallest absolute Gasteiger partial charge is 0.312 e. The zero-order valence-corrected chi connectivity index (χ0v) is 40.8. The van der Waals surface area contributed by atoms with Crippen molar-refractivity contribution in [3.63, 3.8) is 0 Å². The first-order valence-corrected chi connectivity index (χ1v) is 23.7. The average Bonchev–Trinajstić information content (AvgIpc) is 3.57. The molecule has 2 aromatic rings. The summed E-state index contributed by atoms with van der Waals surface area (Å²) in [6.07, 6.45) is 14.9. The van der Waals surface area contributed by atoms with E-state index in [1.54, 1.807) is 31.2 Å². The van der Waals surface area contributed by atoms with E-state index in [1.807, 2.05) is 70.2 Å². The van der Waals surface area contributed by atoms with E-state index in [2.05, 4.69) is 64.1 Å². The molecule has 364 valence electrons. The number of ketones is 2. The summed E-state index contributed by atoms with van der Waals surface area (Å²) in [7, 11) is 0. The normalized spacial score (nSPS) is 34.0. The molecule has 0 amide bonds. The summed E-state index contributed by atoms with van der Waals surface area (Å²) in [5.41, 5.74) is 4.90. The van der Waals surface area contributed by atoms with Crippen molar-refractivity contribution in [3.8, 4) is 0 Å². The molecule has 3 N–H and O–H groups in total. The van der Waals surface area contributed by atoms with Gasteiger partial charge in [0, 0.05) is 12.8 Å². The van der Waals surface area contributed by atoms with Crippen LogP contribution in [0.15, 0.2) is 133 Å². The van der Waals surface area contributed by atoms with Crippen LogP contribution in [0.4, 0.5) is 0 Å².